The largest absolute Gasteiger partial charge is 0.444 e. The highest BCUT2D eigenvalue weighted by atomic mass is 19.1. The molecule has 264 valence electrons. The quantitative estimate of drug-likeness (QED) is 0.333. The first kappa shape index (κ1) is 34.5. The number of carbonyl (C=O) groups excluding carboxylic acids is 2. The van der Waals surface area contributed by atoms with Gasteiger partial charge in [0.2, 0.25) is 5.95 Å². The first-order chi connectivity index (χ1) is 23.2. The number of amides is 2. The van der Waals surface area contributed by atoms with Gasteiger partial charge in [-0.15, -0.1) is 0 Å². The average Bonchev–Trinajstić information content (AvgIpc) is 3.59. The van der Waals surface area contributed by atoms with Gasteiger partial charge in [-0.25, -0.2) is 23.5 Å². The molecule has 0 radical (unpaired) electrons. The summed E-state index contributed by atoms with van der Waals surface area (Å²) in [6.45, 7) is 10.7. The Kier molecular flexibility index (Phi) is 9.48. The van der Waals surface area contributed by atoms with Gasteiger partial charge in [0, 0.05) is 63.7 Å². The number of methoxy groups -OCH3 is 1. The van der Waals surface area contributed by atoms with Gasteiger partial charge in [0.15, 0.2) is 0 Å². The van der Waals surface area contributed by atoms with Crippen molar-refractivity contribution in [2.24, 2.45) is 0 Å². The fraction of sp³-hybridized carbons (Fsp3) is 0.588. The van der Waals surface area contributed by atoms with Gasteiger partial charge in [-0.05, 0) is 89.2 Å². The van der Waals surface area contributed by atoms with Gasteiger partial charge in [0.05, 0.1) is 11.6 Å². The molecule has 1 aromatic carbocycles. The molecule has 2 atom stereocenters. The third kappa shape index (κ3) is 7.76. The number of aromatic nitrogens is 4. The molecule has 2 saturated heterocycles. The molecule has 2 aromatic heterocycles. The van der Waals surface area contributed by atoms with Crippen LogP contribution in [0.1, 0.15) is 88.0 Å². The summed E-state index contributed by atoms with van der Waals surface area (Å²) >= 11 is 0. The molecule has 0 bridgehead atoms. The van der Waals surface area contributed by atoms with Crippen molar-refractivity contribution in [2.75, 3.05) is 43.1 Å². The van der Waals surface area contributed by atoms with E-state index in [0.29, 0.717) is 36.4 Å². The van der Waals surface area contributed by atoms with Gasteiger partial charge in [-0.2, -0.15) is 4.98 Å². The Bertz CT molecular complexity index is 1650. The van der Waals surface area contributed by atoms with Crippen LogP contribution in [-0.4, -0.2) is 94.0 Å². The molecule has 0 spiro atoms. The molecule has 1 aliphatic carbocycles. The lowest BCUT2D eigenvalue weighted by Crippen LogP contribution is -2.48. The molecule has 6 rings (SSSR count). The lowest BCUT2D eigenvalue weighted by atomic mass is 9.94. The van der Waals surface area contributed by atoms with Gasteiger partial charge >= 0.3 is 6.09 Å². The molecule has 2 amide bonds. The number of nitrogens with zero attached hydrogens (tertiary/aromatic N) is 7. The Hall–Kier alpha value is -4.40. The van der Waals surface area contributed by atoms with Crippen LogP contribution in [0.4, 0.5) is 25.5 Å². The van der Waals surface area contributed by atoms with Crippen molar-refractivity contribution in [1.82, 2.24) is 30.3 Å². The van der Waals surface area contributed by atoms with Crippen molar-refractivity contribution in [1.29, 1.82) is 0 Å². The van der Waals surface area contributed by atoms with Crippen LogP contribution >= 0.6 is 0 Å². The molecule has 2 aliphatic heterocycles. The van der Waals surface area contributed by atoms with E-state index < -0.39 is 40.9 Å². The molecule has 3 aliphatic rings. The van der Waals surface area contributed by atoms with E-state index in [9.17, 15) is 18.4 Å². The number of piperidine rings is 1. The number of nitrogens with one attached hydrogen (secondary N) is 1. The van der Waals surface area contributed by atoms with Crippen LogP contribution in [0.15, 0.2) is 35.1 Å². The molecule has 3 fully saturated rings. The molecular formula is C34H44F2N8O5. The minimum Gasteiger partial charge on any atom is -0.444 e. The number of halogens is 2. The van der Waals surface area contributed by atoms with Crippen LogP contribution in [0.2, 0.25) is 0 Å². The maximum absolute atomic E-state index is 14.9. The van der Waals surface area contributed by atoms with Gasteiger partial charge in [0.1, 0.15) is 22.8 Å². The number of rotatable bonds is 9. The molecule has 4 heterocycles. The van der Waals surface area contributed by atoms with Gasteiger partial charge in [-0.3, -0.25) is 4.79 Å². The highest BCUT2D eigenvalue weighted by Crippen LogP contribution is 2.35. The van der Waals surface area contributed by atoms with Crippen LogP contribution in [0.3, 0.4) is 0 Å². The first-order valence-electron chi connectivity index (χ1n) is 16.7. The Morgan fingerprint density at radius 3 is 2.27 bits per heavy atom. The van der Waals surface area contributed by atoms with E-state index in [2.05, 4.69) is 30.3 Å². The topological polar surface area (TPSA) is 139 Å². The molecular weight excluding hydrogens is 638 g/mol. The van der Waals surface area contributed by atoms with Crippen molar-refractivity contribution >= 4 is 23.9 Å². The summed E-state index contributed by atoms with van der Waals surface area (Å²) in [4.78, 5) is 46.0. The van der Waals surface area contributed by atoms with Crippen LogP contribution in [0.25, 0.3) is 0 Å². The van der Waals surface area contributed by atoms with E-state index in [4.69, 9.17) is 14.0 Å². The molecule has 1 N–H and O–H groups in total. The summed E-state index contributed by atoms with van der Waals surface area (Å²) in [7, 11) is 1.60. The molecule has 1 saturated carbocycles. The number of carbonyl (C=O) groups is 2. The zero-order valence-corrected chi connectivity index (χ0v) is 28.8. The van der Waals surface area contributed by atoms with Crippen molar-refractivity contribution in [2.45, 2.75) is 95.5 Å². The van der Waals surface area contributed by atoms with E-state index >= 15 is 0 Å². The predicted molar refractivity (Wildman–Crippen MR) is 175 cm³/mol. The minimum absolute atomic E-state index is 0.0397. The van der Waals surface area contributed by atoms with Crippen molar-refractivity contribution in [3.63, 3.8) is 0 Å². The Morgan fingerprint density at radius 2 is 1.63 bits per heavy atom. The second kappa shape index (κ2) is 13.5. The Morgan fingerprint density at radius 1 is 0.959 bits per heavy atom. The number of ether oxygens (including phenoxy) is 2. The Labute approximate surface area is 284 Å². The molecule has 15 heteroatoms. The smallest absolute Gasteiger partial charge is 0.407 e. The zero-order valence-electron chi connectivity index (χ0n) is 28.8. The summed E-state index contributed by atoms with van der Waals surface area (Å²) in [6, 6.07) is 2.88. The van der Waals surface area contributed by atoms with Crippen LogP contribution in [0.5, 0.6) is 0 Å². The van der Waals surface area contributed by atoms with Crippen LogP contribution in [0, 0.1) is 11.6 Å². The summed E-state index contributed by atoms with van der Waals surface area (Å²) in [6.07, 6.45) is 5.75. The lowest BCUT2D eigenvalue weighted by molar-refractivity contribution is -0.00787. The third-order valence-electron chi connectivity index (χ3n) is 9.30. The number of hydrogen-bond donors (Lipinski definition) is 1. The van der Waals surface area contributed by atoms with Crippen molar-refractivity contribution < 1.29 is 32.4 Å². The van der Waals surface area contributed by atoms with E-state index in [-0.39, 0.29) is 36.6 Å². The van der Waals surface area contributed by atoms with Crippen molar-refractivity contribution in [3.05, 3.63) is 59.2 Å². The van der Waals surface area contributed by atoms with Gasteiger partial charge in [0.25, 0.3) is 17.7 Å². The van der Waals surface area contributed by atoms with Crippen LogP contribution in [-0.2, 0) is 15.1 Å². The normalized spacial score (nSPS) is 20.4. The van der Waals surface area contributed by atoms with E-state index in [1.54, 1.807) is 32.8 Å². The molecule has 2 unspecified atom stereocenters. The fourth-order valence-electron chi connectivity index (χ4n) is 6.43. The summed E-state index contributed by atoms with van der Waals surface area (Å²) < 4.78 is 45.5. The maximum Gasteiger partial charge on any atom is 0.407 e. The predicted octanol–water partition coefficient (Wildman–Crippen LogP) is 4.79. The number of hydrogen-bond acceptors (Lipinski definition) is 11. The second-order valence-corrected chi connectivity index (χ2v) is 14.5. The van der Waals surface area contributed by atoms with E-state index in [0.717, 1.165) is 43.9 Å². The molecule has 13 nitrogen and oxygen atoms in total. The van der Waals surface area contributed by atoms with Gasteiger partial charge < -0.3 is 34.0 Å². The highest BCUT2D eigenvalue weighted by Gasteiger charge is 2.41. The molecule has 49 heavy (non-hydrogen) atoms. The first-order valence-corrected chi connectivity index (χ1v) is 16.7. The fourth-order valence-corrected chi connectivity index (χ4v) is 6.43. The summed E-state index contributed by atoms with van der Waals surface area (Å²) in [5.41, 5.74) is -0.915. The van der Waals surface area contributed by atoms with Crippen molar-refractivity contribution in [3.8, 4) is 0 Å². The zero-order chi connectivity index (χ0) is 35.1. The number of alkyl carbamates (subject to hydrolysis) is 1. The van der Waals surface area contributed by atoms with E-state index in [1.807, 2.05) is 18.7 Å². The summed E-state index contributed by atoms with van der Waals surface area (Å²) in [5.74, 6) is -0.642. The Balaban J connectivity index is 1.13. The molecule has 3 aromatic rings. The van der Waals surface area contributed by atoms with Gasteiger partial charge in [-0.1, -0.05) is 0 Å². The average molecular weight is 683 g/mol. The second-order valence-electron chi connectivity index (χ2n) is 14.5. The summed E-state index contributed by atoms with van der Waals surface area (Å²) in [5, 5.41) is 6.98. The SMILES string of the molecule is COC(C)(C)c1nc(N2CCC(N(C(=O)c3cnc(N4CC(NC(=O)OC(C)(C)C)C(c5cc(F)ccc5F)C4)nc3)C3CC3)CC2)no1. The third-order valence-corrected chi connectivity index (χ3v) is 9.30. The van der Waals surface area contributed by atoms with Crippen LogP contribution < -0.4 is 15.1 Å². The monoisotopic (exact) mass is 682 g/mol. The van der Waals surface area contributed by atoms with E-state index in [1.165, 1.54) is 12.4 Å². The lowest BCUT2D eigenvalue weighted by Gasteiger charge is -2.38. The number of anilines is 2. The standard InChI is InChI=1S/C34H44F2N8O5/c1-33(2,3)48-32(46)39-27-19-43(18-25(27)24-15-21(35)7-10-26(24)36)30-37-16-20(17-38-30)28(45)44(22-8-9-22)23-11-13-42(14-12-23)31-40-29(49-41-31)34(4,5)47-6/h7,10,15-17,22-23,25,27H,8-9,11-14,18-19H2,1-6H3,(H,39,46). The maximum atomic E-state index is 14.9. The highest BCUT2D eigenvalue weighted by molar-refractivity contribution is 5.94. The number of benzene rings is 1. The minimum atomic E-state index is -0.737.